The highest BCUT2D eigenvalue weighted by Gasteiger charge is 2.26. The van der Waals surface area contributed by atoms with Crippen LogP contribution in [0.4, 0.5) is 5.69 Å². The summed E-state index contributed by atoms with van der Waals surface area (Å²) in [6, 6.07) is 10.8. The quantitative estimate of drug-likeness (QED) is 0.738. The normalized spacial score (nSPS) is 14.4. The molecule has 2 aromatic rings. The van der Waals surface area contributed by atoms with Gasteiger partial charge in [0.25, 0.3) is 5.91 Å². The van der Waals surface area contributed by atoms with E-state index < -0.39 is 10.0 Å². The van der Waals surface area contributed by atoms with Crippen LogP contribution in [-0.4, -0.2) is 39.3 Å². The number of carbonyl (C=O) groups is 1. The van der Waals surface area contributed by atoms with Crippen LogP contribution in [-0.2, 0) is 16.4 Å². The molecule has 0 aliphatic carbocycles. The van der Waals surface area contributed by atoms with Crippen LogP contribution < -0.4 is 4.90 Å². The van der Waals surface area contributed by atoms with Gasteiger partial charge in [-0.1, -0.05) is 17.7 Å². The summed E-state index contributed by atoms with van der Waals surface area (Å²) in [5.74, 6) is -0.183. The molecule has 0 fully saturated rings. The van der Waals surface area contributed by atoms with Crippen LogP contribution in [0.15, 0.2) is 45.8 Å². The third-order valence-electron chi connectivity index (χ3n) is 4.54. The van der Waals surface area contributed by atoms with Crippen LogP contribution in [0.1, 0.15) is 27.9 Å². The zero-order valence-corrected chi connectivity index (χ0v) is 17.4. The van der Waals surface area contributed by atoms with Gasteiger partial charge in [0, 0.05) is 36.4 Å². The lowest BCUT2D eigenvalue weighted by atomic mass is 9.99. The summed E-state index contributed by atoms with van der Waals surface area (Å²) in [4.78, 5) is 14.9. The maximum atomic E-state index is 13.1. The number of sulfonamides is 1. The van der Waals surface area contributed by atoms with Crippen LogP contribution >= 0.6 is 15.9 Å². The zero-order valence-electron chi connectivity index (χ0n) is 15.0. The van der Waals surface area contributed by atoms with E-state index >= 15 is 0 Å². The third-order valence-corrected chi connectivity index (χ3v) is 7.34. The second-order valence-electron chi connectivity index (χ2n) is 6.63. The van der Waals surface area contributed by atoms with E-state index in [9.17, 15) is 13.2 Å². The summed E-state index contributed by atoms with van der Waals surface area (Å²) in [6.07, 6.45) is 1.84. The average Bonchev–Trinajstić information content (AvgIpc) is 2.60. The molecule has 0 saturated carbocycles. The monoisotopic (exact) mass is 436 g/mol. The second kappa shape index (κ2) is 7.13. The van der Waals surface area contributed by atoms with Gasteiger partial charge in [-0.15, -0.1) is 0 Å². The van der Waals surface area contributed by atoms with Gasteiger partial charge >= 0.3 is 0 Å². The molecule has 0 unspecified atom stereocenters. The molecular formula is C19H21BrN2O3S. The fourth-order valence-electron chi connectivity index (χ4n) is 3.12. The average molecular weight is 437 g/mol. The number of aryl methyl sites for hydroxylation is 2. The molecule has 0 radical (unpaired) electrons. The molecular weight excluding hydrogens is 416 g/mol. The molecule has 7 heteroatoms. The highest BCUT2D eigenvalue weighted by atomic mass is 79.9. The first-order valence-corrected chi connectivity index (χ1v) is 10.6. The van der Waals surface area contributed by atoms with E-state index in [0.717, 1.165) is 28.4 Å². The minimum atomic E-state index is -3.64. The topological polar surface area (TPSA) is 57.7 Å². The number of hydrogen-bond donors (Lipinski definition) is 0. The van der Waals surface area contributed by atoms with Gasteiger partial charge in [-0.25, -0.2) is 12.7 Å². The molecule has 138 valence electrons. The number of fused-ring (bicyclic) bond motifs is 1. The number of nitrogens with zero attached hydrogens (tertiary/aromatic N) is 2. The number of amides is 1. The van der Waals surface area contributed by atoms with Gasteiger partial charge in [0.05, 0.1) is 4.90 Å². The summed E-state index contributed by atoms with van der Waals surface area (Å²) < 4.78 is 26.6. The van der Waals surface area contributed by atoms with Gasteiger partial charge < -0.3 is 4.90 Å². The van der Waals surface area contributed by atoms with Gasteiger partial charge in [0.1, 0.15) is 0 Å². The van der Waals surface area contributed by atoms with Gasteiger partial charge in [-0.2, -0.15) is 0 Å². The minimum Gasteiger partial charge on any atom is -0.308 e. The highest BCUT2D eigenvalue weighted by Crippen LogP contribution is 2.31. The molecule has 26 heavy (non-hydrogen) atoms. The van der Waals surface area contributed by atoms with Gasteiger partial charge in [-0.05, 0) is 65.5 Å². The van der Waals surface area contributed by atoms with Crippen molar-refractivity contribution in [2.24, 2.45) is 0 Å². The summed E-state index contributed by atoms with van der Waals surface area (Å²) >= 11 is 3.28. The van der Waals surface area contributed by atoms with Crippen molar-refractivity contribution in [1.82, 2.24) is 4.31 Å². The second-order valence-corrected chi connectivity index (χ2v) is 9.60. The molecule has 0 aromatic heterocycles. The predicted octanol–water partition coefficient (Wildman–Crippen LogP) is 3.60. The predicted molar refractivity (Wildman–Crippen MR) is 106 cm³/mol. The molecule has 5 nitrogen and oxygen atoms in total. The van der Waals surface area contributed by atoms with Crippen LogP contribution in [0.2, 0.25) is 0 Å². The fourth-order valence-corrected chi connectivity index (χ4v) is 4.97. The van der Waals surface area contributed by atoms with Gasteiger partial charge in [0.15, 0.2) is 0 Å². The molecule has 0 atom stereocenters. The maximum Gasteiger partial charge on any atom is 0.258 e. The highest BCUT2D eigenvalue weighted by molar-refractivity contribution is 9.10. The summed E-state index contributed by atoms with van der Waals surface area (Å²) in [6.45, 7) is 2.66. The standard InChI is InChI=1S/C19H21BrN2O3S/c1-13-6-9-17-14(11-13)5-4-10-22(17)19(23)15-7-8-16(20)18(12-15)26(24,25)21(2)3/h6-9,11-12H,4-5,10H2,1-3H3. The number of benzene rings is 2. The lowest BCUT2D eigenvalue weighted by Crippen LogP contribution is -2.35. The Morgan fingerprint density at radius 1 is 1.15 bits per heavy atom. The van der Waals surface area contributed by atoms with Crippen LogP contribution in [0.25, 0.3) is 0 Å². The zero-order chi connectivity index (χ0) is 19.1. The molecule has 3 rings (SSSR count). The third kappa shape index (κ3) is 3.43. The summed E-state index contributed by atoms with van der Waals surface area (Å²) in [5, 5.41) is 0. The van der Waals surface area contributed by atoms with Crippen molar-refractivity contribution < 1.29 is 13.2 Å². The summed E-state index contributed by atoms with van der Waals surface area (Å²) in [7, 11) is -0.701. The Labute approximate surface area is 162 Å². The molecule has 1 heterocycles. The Morgan fingerprint density at radius 2 is 1.88 bits per heavy atom. The van der Waals surface area contributed by atoms with Crippen LogP contribution in [0.5, 0.6) is 0 Å². The maximum absolute atomic E-state index is 13.1. The minimum absolute atomic E-state index is 0.0921. The van der Waals surface area contributed by atoms with E-state index in [2.05, 4.69) is 22.0 Å². The Morgan fingerprint density at radius 3 is 2.58 bits per heavy atom. The number of anilines is 1. The van der Waals surface area contributed by atoms with E-state index in [0.29, 0.717) is 16.6 Å². The number of hydrogen-bond acceptors (Lipinski definition) is 3. The lowest BCUT2D eigenvalue weighted by molar-refractivity contribution is 0.0985. The Balaban J connectivity index is 2.03. The molecule has 0 spiro atoms. The first-order chi connectivity index (χ1) is 12.2. The first-order valence-electron chi connectivity index (χ1n) is 8.35. The van der Waals surface area contributed by atoms with Crippen molar-refractivity contribution in [3.05, 3.63) is 57.6 Å². The van der Waals surface area contributed by atoms with Crippen molar-refractivity contribution in [3.63, 3.8) is 0 Å². The van der Waals surface area contributed by atoms with E-state index in [1.165, 1.54) is 25.7 Å². The van der Waals surface area contributed by atoms with Crippen molar-refractivity contribution >= 4 is 37.5 Å². The molecule has 1 amide bonds. The fraction of sp³-hybridized carbons (Fsp3) is 0.316. The molecule has 0 N–H and O–H groups in total. The number of rotatable bonds is 3. The Hall–Kier alpha value is -1.70. The number of carbonyl (C=O) groups excluding carboxylic acids is 1. The Bertz CT molecular complexity index is 971. The van der Waals surface area contributed by atoms with Gasteiger partial charge in [0.2, 0.25) is 10.0 Å². The smallest absolute Gasteiger partial charge is 0.258 e. The van der Waals surface area contributed by atoms with E-state index in [1.807, 2.05) is 19.1 Å². The number of halogens is 1. The van der Waals surface area contributed by atoms with Crippen molar-refractivity contribution in [1.29, 1.82) is 0 Å². The van der Waals surface area contributed by atoms with E-state index in [-0.39, 0.29) is 10.8 Å². The van der Waals surface area contributed by atoms with Crippen molar-refractivity contribution in [2.75, 3.05) is 25.5 Å². The first kappa shape index (κ1) is 19.1. The van der Waals surface area contributed by atoms with Crippen molar-refractivity contribution in [2.45, 2.75) is 24.7 Å². The molecule has 2 aromatic carbocycles. The van der Waals surface area contributed by atoms with E-state index in [1.54, 1.807) is 17.0 Å². The molecule has 1 aliphatic rings. The molecule has 0 bridgehead atoms. The Kier molecular flexibility index (Phi) is 5.23. The SMILES string of the molecule is Cc1ccc2c(c1)CCCN2C(=O)c1ccc(Br)c(S(=O)(=O)N(C)C)c1. The lowest BCUT2D eigenvalue weighted by Gasteiger charge is -2.30. The van der Waals surface area contributed by atoms with Crippen LogP contribution in [0.3, 0.4) is 0 Å². The van der Waals surface area contributed by atoms with Gasteiger partial charge in [-0.3, -0.25) is 4.79 Å². The van der Waals surface area contributed by atoms with E-state index in [4.69, 9.17) is 0 Å². The largest absolute Gasteiger partial charge is 0.308 e. The van der Waals surface area contributed by atoms with Crippen LogP contribution in [0, 0.1) is 6.92 Å². The van der Waals surface area contributed by atoms with Crippen molar-refractivity contribution in [3.8, 4) is 0 Å². The summed E-state index contributed by atoms with van der Waals surface area (Å²) in [5.41, 5.74) is 3.60. The molecule has 0 saturated heterocycles. The molecule has 1 aliphatic heterocycles.